The van der Waals surface area contributed by atoms with E-state index >= 15 is 0 Å². The molecule has 0 aliphatic carbocycles. The summed E-state index contributed by atoms with van der Waals surface area (Å²) in [6.45, 7) is 9.09. The summed E-state index contributed by atoms with van der Waals surface area (Å²) in [5, 5.41) is 5.80. The lowest BCUT2D eigenvalue weighted by molar-refractivity contribution is -0.165. The summed E-state index contributed by atoms with van der Waals surface area (Å²) in [7, 11) is 3.17. The number of ketones is 1. The van der Waals surface area contributed by atoms with Gasteiger partial charge in [0.1, 0.15) is 54.4 Å². The van der Waals surface area contributed by atoms with Crippen molar-refractivity contribution in [2.75, 3.05) is 74.5 Å². The summed E-state index contributed by atoms with van der Waals surface area (Å²) in [6.07, 6.45) is 4.60. The third-order valence-electron chi connectivity index (χ3n) is 16.3. The number of aryl methyl sites for hydroxylation is 1. The highest BCUT2D eigenvalue weighted by molar-refractivity contribution is 7.57. The Morgan fingerprint density at radius 3 is 2.08 bits per heavy atom. The molecule has 2 bridgehead atoms. The molecule has 3 aliphatic rings. The van der Waals surface area contributed by atoms with Gasteiger partial charge in [0, 0.05) is 59.6 Å². The van der Waals surface area contributed by atoms with Gasteiger partial charge in [-0.05, 0) is 136 Å². The fraction of sp³-hybridized carbons (Fsp3) is 0.485. The van der Waals surface area contributed by atoms with E-state index in [4.69, 9.17) is 28.2 Å². The Bertz CT molecular complexity index is 3330. The average Bonchev–Trinajstić information content (AvgIpc) is 2.39. The van der Waals surface area contributed by atoms with E-state index in [0.717, 1.165) is 11.6 Å². The predicted molar refractivity (Wildman–Crippen MR) is 339 cm³/mol. The summed E-state index contributed by atoms with van der Waals surface area (Å²) < 4.78 is 47.2. The molecular formula is C68H87N6O16P. The topological polar surface area (TPSA) is 263 Å². The number of Topliss-reactive ketones (excluding diaryl/α,β-unsaturated/α-hetero) is 1. The number of fused-ring (bicyclic) bond motifs is 4. The van der Waals surface area contributed by atoms with Gasteiger partial charge in [0.05, 0.1) is 19.6 Å². The van der Waals surface area contributed by atoms with Crippen LogP contribution in [-0.4, -0.2) is 171 Å². The molecule has 91 heavy (non-hydrogen) atoms. The van der Waals surface area contributed by atoms with Crippen molar-refractivity contribution in [1.29, 1.82) is 0 Å². The molecule has 3 aliphatic heterocycles. The van der Waals surface area contributed by atoms with E-state index in [2.05, 4.69) is 10.6 Å². The van der Waals surface area contributed by atoms with Crippen LogP contribution in [-0.2, 0) is 70.0 Å². The molecule has 490 valence electrons. The fourth-order valence-electron chi connectivity index (χ4n) is 11.2. The summed E-state index contributed by atoms with van der Waals surface area (Å²) in [5.74, 6) is -4.74. The van der Waals surface area contributed by atoms with E-state index < -0.39 is 115 Å². The highest BCUT2D eigenvalue weighted by atomic mass is 31.2. The summed E-state index contributed by atoms with van der Waals surface area (Å²) in [6, 6.07) is 21.5. The maximum Gasteiger partial charge on any atom is 0.330 e. The second kappa shape index (κ2) is 32.0. The molecule has 0 radical (unpaired) electrons. The van der Waals surface area contributed by atoms with E-state index in [1.165, 1.54) is 81.2 Å². The minimum absolute atomic E-state index is 0.0684. The second-order valence-corrected chi connectivity index (χ2v) is 27.4. The number of rotatable bonds is 12. The highest BCUT2D eigenvalue weighted by Crippen LogP contribution is 2.39. The molecule has 6 atom stereocenters. The summed E-state index contributed by atoms with van der Waals surface area (Å²) in [5.41, 5.74) is 0.825. The molecule has 3 heterocycles. The molecular weight excluding hydrogens is 1190 g/mol. The molecule has 0 unspecified atom stereocenters. The number of nitrogens with one attached hydrogen (secondary N) is 2. The monoisotopic (exact) mass is 1270 g/mol. The Labute approximate surface area is 533 Å². The molecule has 22 nitrogen and oxygen atoms in total. The van der Waals surface area contributed by atoms with Crippen LogP contribution < -0.4 is 29.4 Å². The van der Waals surface area contributed by atoms with Crippen LogP contribution in [0.5, 0.6) is 23.0 Å². The van der Waals surface area contributed by atoms with Gasteiger partial charge < -0.3 is 58.4 Å². The lowest BCUT2D eigenvalue weighted by Gasteiger charge is -2.36. The standard InChI is InChI=1S/C68H87N6O16P/c1-44(2)38-54-64(80)73-37-19-25-52(73)63(79)69-51(39-45-27-31-49(32-28-45)90-91(9,10)84)62(78)70-60(47-20-12-11-13-21-47)65(81)71(5)35-16-15-26-59(76)88-43-68(3,4)61(77)66(82)74-36-17-14-24-53(74)67(83)89-55(33-29-46-30-34-56(85-7)57(40-46)86-8)48-22-18-23-50(41-48)87-42-58(75)72(54)6/h11-13,15,18,20-23,26-28,30-32,34,40-41,44,51-55,60H,14,16-17,19,24-25,29,33,35-39,42-43H2,1-10H3,(H,69,79)(H,70,78)/t51-,52+,53-,54-,55+,60+/m0/s1. The van der Waals surface area contributed by atoms with Crippen molar-refractivity contribution in [3.05, 3.63) is 131 Å². The molecule has 4 aromatic carbocycles. The van der Waals surface area contributed by atoms with Gasteiger partial charge in [0.25, 0.3) is 11.8 Å². The van der Waals surface area contributed by atoms with Crippen molar-refractivity contribution in [3.63, 3.8) is 0 Å². The number of nitrogens with zero attached hydrogens (tertiary/aromatic N) is 4. The number of ether oxygens (including phenoxy) is 5. The maximum absolute atomic E-state index is 15.0. The number of piperidine rings is 1. The minimum Gasteiger partial charge on any atom is -0.493 e. The summed E-state index contributed by atoms with van der Waals surface area (Å²) >= 11 is 0. The Morgan fingerprint density at radius 1 is 0.703 bits per heavy atom. The van der Waals surface area contributed by atoms with E-state index in [9.17, 15) is 47.7 Å². The van der Waals surface area contributed by atoms with Crippen molar-refractivity contribution in [2.45, 2.75) is 128 Å². The van der Waals surface area contributed by atoms with Crippen LogP contribution in [0, 0.1) is 11.3 Å². The molecule has 2 saturated heterocycles. The van der Waals surface area contributed by atoms with Crippen molar-refractivity contribution in [2.24, 2.45) is 11.3 Å². The predicted octanol–water partition coefficient (Wildman–Crippen LogP) is 7.60. The van der Waals surface area contributed by atoms with E-state index in [1.807, 2.05) is 26.0 Å². The Hall–Kier alpha value is -8.52. The largest absolute Gasteiger partial charge is 0.493 e. The highest BCUT2D eigenvalue weighted by Gasteiger charge is 2.44. The van der Waals surface area contributed by atoms with Crippen LogP contribution in [0.25, 0.3) is 0 Å². The van der Waals surface area contributed by atoms with Gasteiger partial charge in [-0.1, -0.05) is 80.6 Å². The second-order valence-electron chi connectivity index (χ2n) is 24.7. The number of methoxy groups -OCH3 is 2. The van der Waals surface area contributed by atoms with Crippen LogP contribution in [0.4, 0.5) is 0 Å². The Morgan fingerprint density at radius 2 is 1.38 bits per heavy atom. The number of amides is 6. The van der Waals surface area contributed by atoms with Crippen LogP contribution >= 0.6 is 7.37 Å². The zero-order valence-electron chi connectivity index (χ0n) is 53.8. The number of benzene rings is 4. The van der Waals surface area contributed by atoms with Crippen molar-refractivity contribution in [3.8, 4) is 23.0 Å². The van der Waals surface area contributed by atoms with Gasteiger partial charge in [-0.15, -0.1) is 0 Å². The third kappa shape index (κ3) is 19.3. The third-order valence-corrected chi connectivity index (χ3v) is 17.0. The molecule has 4 aromatic rings. The van der Waals surface area contributed by atoms with Gasteiger partial charge in [-0.25, -0.2) is 9.59 Å². The normalized spacial score (nSPS) is 22.6. The summed E-state index contributed by atoms with van der Waals surface area (Å²) in [4.78, 5) is 135. The first kappa shape index (κ1) is 69.9. The molecule has 2 fully saturated rings. The lowest BCUT2D eigenvalue weighted by atomic mass is 9.87. The average molecular weight is 1280 g/mol. The van der Waals surface area contributed by atoms with Crippen molar-refractivity contribution >= 4 is 60.5 Å². The van der Waals surface area contributed by atoms with Gasteiger partial charge in [0.2, 0.25) is 36.8 Å². The quantitative estimate of drug-likeness (QED) is 0.0785. The molecule has 0 spiro atoms. The van der Waals surface area contributed by atoms with E-state index in [-0.39, 0.29) is 69.8 Å². The van der Waals surface area contributed by atoms with Gasteiger partial charge in [0.15, 0.2) is 18.1 Å². The number of esters is 2. The zero-order valence-corrected chi connectivity index (χ0v) is 54.7. The van der Waals surface area contributed by atoms with Crippen LogP contribution in [0.2, 0.25) is 0 Å². The molecule has 23 heteroatoms. The van der Waals surface area contributed by atoms with Crippen molar-refractivity contribution in [1.82, 2.24) is 30.2 Å². The van der Waals surface area contributed by atoms with Crippen LogP contribution in [0.1, 0.15) is 113 Å². The van der Waals surface area contributed by atoms with Gasteiger partial charge >= 0.3 is 11.9 Å². The molecule has 7 rings (SSSR count). The van der Waals surface area contributed by atoms with Crippen LogP contribution in [0.3, 0.4) is 0 Å². The first-order chi connectivity index (χ1) is 43.3. The minimum atomic E-state index is -2.93. The smallest absolute Gasteiger partial charge is 0.330 e. The number of hydrogen-bond donors (Lipinski definition) is 2. The number of hydrogen-bond acceptors (Lipinski definition) is 16. The molecule has 0 aromatic heterocycles. The van der Waals surface area contributed by atoms with Gasteiger partial charge in [-0.3, -0.25) is 38.1 Å². The first-order valence-electron chi connectivity index (χ1n) is 30.9. The lowest BCUT2D eigenvalue weighted by Crippen LogP contribution is -2.57. The maximum atomic E-state index is 15.0. The van der Waals surface area contributed by atoms with Gasteiger partial charge in [-0.2, -0.15) is 0 Å². The number of carbonyl (C=O) groups excluding carboxylic acids is 9. The first-order valence-corrected chi connectivity index (χ1v) is 33.4. The zero-order chi connectivity index (χ0) is 66.2. The molecule has 2 N–H and O–H groups in total. The Kier molecular flexibility index (Phi) is 24.6. The van der Waals surface area contributed by atoms with Crippen molar-refractivity contribution < 1.29 is 75.9 Å². The fourth-order valence-corrected chi connectivity index (χ4v) is 11.9. The molecule has 6 amide bonds. The van der Waals surface area contributed by atoms with Crippen LogP contribution in [0.15, 0.2) is 109 Å². The Balaban J connectivity index is 1.21. The SMILES string of the molecule is COc1ccc(CC[C@H]2OC(=O)[C@@H]3CCCCN3C(=O)C(=O)C(C)(C)COC(=O)C=CCCN(C)C(=O)[C@@H](c3ccccc3)NC(=O)[C@H](Cc3ccc(OP(C)(C)=O)cc3)NC(=O)[C@H]3CCCN3C(=O)[C@H](CC(C)C)N(C)C(=O)COc3cccc2c3)cc1OC. The number of carbonyl (C=O) groups is 9. The molecule has 0 saturated carbocycles. The number of cyclic esters (lactones) is 2. The van der Waals surface area contributed by atoms with E-state index in [1.54, 1.807) is 84.9 Å². The number of likely N-dealkylation sites (N-methyl/N-ethyl adjacent to an activating group) is 2. The van der Waals surface area contributed by atoms with E-state index in [0.29, 0.717) is 59.6 Å².